The number of morpholine rings is 1. The van der Waals surface area contributed by atoms with Gasteiger partial charge in [-0.1, -0.05) is 11.8 Å². The summed E-state index contributed by atoms with van der Waals surface area (Å²) in [6.45, 7) is 2.38. The number of thioether (sulfide) groups is 1. The first-order chi connectivity index (χ1) is 16.8. The second kappa shape index (κ2) is 10.1. The van der Waals surface area contributed by atoms with E-state index in [2.05, 4.69) is 4.98 Å². The normalized spacial score (nSPS) is 19.6. The fourth-order valence-electron chi connectivity index (χ4n) is 4.31. The van der Waals surface area contributed by atoms with Crippen LogP contribution in [0.3, 0.4) is 0 Å². The van der Waals surface area contributed by atoms with E-state index >= 15 is 0 Å². The number of benzene rings is 2. The summed E-state index contributed by atoms with van der Waals surface area (Å²) >= 11 is 1.10. The molecule has 0 aliphatic carbocycles. The fraction of sp³-hybridized carbons (Fsp3) is 0.435. The molecule has 1 atom stereocenters. The van der Waals surface area contributed by atoms with Gasteiger partial charge >= 0.3 is 0 Å². The molecule has 0 saturated carbocycles. The van der Waals surface area contributed by atoms with Gasteiger partial charge < -0.3 is 14.0 Å². The van der Waals surface area contributed by atoms with E-state index in [1.165, 1.54) is 10.4 Å². The summed E-state index contributed by atoms with van der Waals surface area (Å²) in [6.07, 6.45) is 1.77. The Morgan fingerprint density at radius 3 is 2.49 bits per heavy atom. The van der Waals surface area contributed by atoms with Gasteiger partial charge in [-0.3, -0.25) is 0 Å². The lowest BCUT2D eigenvalue weighted by atomic mass is 10.2. The Balaban J connectivity index is 1.49. The van der Waals surface area contributed by atoms with E-state index in [-0.39, 0.29) is 35.4 Å². The van der Waals surface area contributed by atoms with Crippen LogP contribution >= 0.6 is 11.8 Å². The molecule has 0 bridgehead atoms. The van der Waals surface area contributed by atoms with Crippen LogP contribution in [0, 0.1) is 17.5 Å². The quantitative estimate of drug-likeness (QED) is 0.434. The topological polar surface area (TPSA) is 73.7 Å². The Labute approximate surface area is 205 Å². The zero-order valence-electron chi connectivity index (χ0n) is 18.8. The molecular weight excluding hydrogens is 503 g/mol. The molecule has 2 aliphatic heterocycles. The Morgan fingerprint density at radius 2 is 1.80 bits per heavy atom. The highest BCUT2D eigenvalue weighted by atomic mass is 32.2. The second-order valence-corrected chi connectivity index (χ2v) is 11.3. The Morgan fingerprint density at radius 1 is 1.06 bits per heavy atom. The van der Waals surface area contributed by atoms with Crippen molar-refractivity contribution in [2.24, 2.45) is 0 Å². The summed E-state index contributed by atoms with van der Waals surface area (Å²) in [5, 5.41) is 0.472. The predicted molar refractivity (Wildman–Crippen MR) is 124 cm³/mol. The van der Waals surface area contributed by atoms with Crippen molar-refractivity contribution in [1.82, 2.24) is 13.9 Å². The van der Waals surface area contributed by atoms with Gasteiger partial charge in [0.15, 0.2) is 5.16 Å². The third kappa shape index (κ3) is 5.08. The van der Waals surface area contributed by atoms with Gasteiger partial charge in [0.05, 0.1) is 41.8 Å². The van der Waals surface area contributed by atoms with Crippen molar-refractivity contribution in [3.8, 4) is 0 Å². The maximum Gasteiger partial charge on any atom is 0.243 e. The fourth-order valence-corrected chi connectivity index (χ4v) is 6.78. The van der Waals surface area contributed by atoms with Crippen molar-refractivity contribution in [2.45, 2.75) is 41.3 Å². The number of aromatic nitrogens is 2. The zero-order valence-corrected chi connectivity index (χ0v) is 20.4. The lowest BCUT2D eigenvalue weighted by Gasteiger charge is -2.26. The number of halogens is 3. The number of hydrogen-bond acceptors (Lipinski definition) is 6. The first kappa shape index (κ1) is 24.6. The first-order valence-corrected chi connectivity index (χ1v) is 13.7. The maximum atomic E-state index is 14.2. The van der Waals surface area contributed by atoms with Gasteiger partial charge in [-0.15, -0.1) is 0 Å². The van der Waals surface area contributed by atoms with E-state index in [1.54, 1.807) is 12.1 Å². The van der Waals surface area contributed by atoms with Crippen LogP contribution in [-0.2, 0) is 31.8 Å². The first-order valence-electron chi connectivity index (χ1n) is 11.3. The summed E-state index contributed by atoms with van der Waals surface area (Å²) in [7, 11) is -3.71. The highest BCUT2D eigenvalue weighted by molar-refractivity contribution is 7.98. The molecule has 1 aromatic heterocycles. The van der Waals surface area contributed by atoms with Crippen molar-refractivity contribution in [3.05, 3.63) is 53.3 Å². The molecule has 0 unspecified atom stereocenters. The van der Waals surface area contributed by atoms with Crippen LogP contribution < -0.4 is 0 Å². The Hall–Kier alpha value is -2.12. The smallest absolute Gasteiger partial charge is 0.243 e. The lowest BCUT2D eigenvalue weighted by molar-refractivity contribution is 0.0730. The number of rotatable bonds is 7. The minimum absolute atomic E-state index is 0.0391. The van der Waals surface area contributed by atoms with Crippen LogP contribution in [-0.4, -0.2) is 61.3 Å². The van der Waals surface area contributed by atoms with Crippen molar-refractivity contribution >= 4 is 32.8 Å². The largest absolute Gasteiger partial charge is 0.379 e. The van der Waals surface area contributed by atoms with E-state index in [4.69, 9.17) is 9.47 Å². The molecule has 0 spiro atoms. The average molecular weight is 528 g/mol. The molecule has 188 valence electrons. The third-order valence-electron chi connectivity index (χ3n) is 6.15. The molecule has 3 aromatic rings. The summed E-state index contributed by atoms with van der Waals surface area (Å²) in [5.74, 6) is -3.01. The molecular formula is C23H24F3N3O4S2. The van der Waals surface area contributed by atoms with E-state index in [1.807, 2.05) is 4.57 Å². The number of nitrogens with zero attached hydrogens (tertiary/aromatic N) is 3. The van der Waals surface area contributed by atoms with Crippen LogP contribution in [0.15, 0.2) is 40.4 Å². The van der Waals surface area contributed by atoms with Crippen LogP contribution in [0.1, 0.15) is 18.4 Å². The average Bonchev–Trinajstić information content (AvgIpc) is 3.47. The zero-order chi connectivity index (χ0) is 24.6. The number of sulfonamides is 1. The van der Waals surface area contributed by atoms with Crippen LogP contribution in [0.5, 0.6) is 0 Å². The summed E-state index contributed by atoms with van der Waals surface area (Å²) in [5.41, 5.74) is 0.909. The van der Waals surface area contributed by atoms with Gasteiger partial charge in [-0.05, 0) is 31.0 Å². The van der Waals surface area contributed by atoms with Gasteiger partial charge in [-0.25, -0.2) is 26.6 Å². The predicted octanol–water partition coefficient (Wildman–Crippen LogP) is 3.95. The van der Waals surface area contributed by atoms with Gasteiger partial charge in [0.25, 0.3) is 0 Å². The molecule has 35 heavy (non-hydrogen) atoms. The third-order valence-corrected chi connectivity index (χ3v) is 9.05. The van der Waals surface area contributed by atoms with Crippen LogP contribution in [0.25, 0.3) is 11.0 Å². The minimum atomic E-state index is -3.71. The summed E-state index contributed by atoms with van der Waals surface area (Å²) < 4.78 is 82.2. The summed E-state index contributed by atoms with van der Waals surface area (Å²) in [6, 6.07) is 6.08. The molecule has 7 nitrogen and oxygen atoms in total. The number of imidazole rings is 1. The molecule has 0 N–H and O–H groups in total. The molecule has 3 heterocycles. The molecule has 2 saturated heterocycles. The van der Waals surface area contributed by atoms with Gasteiger partial charge in [-0.2, -0.15) is 4.31 Å². The standard InChI is InChI=1S/C23H24F3N3O4S2/c24-15-10-19(25)18(20(26)11-15)14-34-23-27-21-12-17(35(30,31)28-5-8-32-9-6-28)3-4-22(21)29(23)13-16-2-1-7-33-16/h3-4,10-12,16H,1-2,5-9,13-14H2/t16-/m1/s1. The van der Waals surface area contributed by atoms with Crippen LogP contribution in [0.2, 0.25) is 0 Å². The van der Waals surface area contributed by atoms with E-state index < -0.39 is 27.5 Å². The van der Waals surface area contributed by atoms with Crippen molar-refractivity contribution < 1.29 is 31.1 Å². The molecule has 0 radical (unpaired) electrons. The number of ether oxygens (including phenoxy) is 2. The van der Waals surface area contributed by atoms with Crippen molar-refractivity contribution in [1.29, 1.82) is 0 Å². The Kier molecular flexibility index (Phi) is 7.09. The maximum absolute atomic E-state index is 14.2. The van der Waals surface area contributed by atoms with E-state index in [9.17, 15) is 21.6 Å². The van der Waals surface area contributed by atoms with Crippen molar-refractivity contribution in [3.63, 3.8) is 0 Å². The van der Waals surface area contributed by atoms with E-state index in [0.717, 1.165) is 24.6 Å². The molecule has 2 fully saturated rings. The summed E-state index contributed by atoms with van der Waals surface area (Å²) in [4.78, 5) is 4.74. The molecule has 5 rings (SSSR count). The highest BCUT2D eigenvalue weighted by Crippen LogP contribution is 2.32. The lowest BCUT2D eigenvalue weighted by Crippen LogP contribution is -2.40. The van der Waals surface area contributed by atoms with Crippen LogP contribution in [0.4, 0.5) is 13.2 Å². The monoisotopic (exact) mass is 527 g/mol. The Bertz CT molecular complexity index is 1310. The van der Waals surface area contributed by atoms with Crippen molar-refractivity contribution in [2.75, 3.05) is 32.9 Å². The second-order valence-electron chi connectivity index (χ2n) is 8.44. The van der Waals surface area contributed by atoms with Gasteiger partial charge in [0.2, 0.25) is 10.0 Å². The minimum Gasteiger partial charge on any atom is -0.379 e. The molecule has 2 aliphatic rings. The van der Waals surface area contributed by atoms with Gasteiger partial charge in [0.1, 0.15) is 17.5 Å². The molecule has 0 amide bonds. The number of fused-ring (bicyclic) bond motifs is 1. The molecule has 2 aromatic carbocycles. The van der Waals surface area contributed by atoms with Gasteiger partial charge in [0, 0.05) is 43.1 Å². The number of hydrogen-bond donors (Lipinski definition) is 0. The highest BCUT2D eigenvalue weighted by Gasteiger charge is 2.28. The molecule has 12 heteroatoms. The van der Waals surface area contributed by atoms with E-state index in [0.29, 0.717) is 54.7 Å². The SMILES string of the molecule is O=S(=O)(c1ccc2c(c1)nc(SCc1c(F)cc(F)cc1F)n2C[C@H]1CCCO1)N1CCOCC1.